The molecule has 0 aromatic rings. The van der Waals surface area contributed by atoms with Gasteiger partial charge in [0.05, 0.1) is 11.8 Å². The summed E-state index contributed by atoms with van der Waals surface area (Å²) in [6.45, 7) is 5.00. The maximum Gasteiger partial charge on any atom is 0.246 e. The highest BCUT2D eigenvalue weighted by Crippen LogP contribution is 2.23. The average molecular weight is 230 g/mol. The molecule has 0 aliphatic carbocycles. The highest BCUT2D eigenvalue weighted by Gasteiger charge is 2.41. The van der Waals surface area contributed by atoms with Gasteiger partial charge in [0.1, 0.15) is 0 Å². The fourth-order valence-electron chi connectivity index (χ4n) is 2.02. The number of hydrogen-bond donors (Lipinski definition) is 0. The van der Waals surface area contributed by atoms with Gasteiger partial charge in [-0.05, 0) is 12.5 Å². The van der Waals surface area contributed by atoms with Crippen molar-refractivity contribution in [3.05, 3.63) is 12.7 Å². The Morgan fingerprint density at radius 2 is 2.07 bits per heavy atom. The van der Waals surface area contributed by atoms with Crippen LogP contribution in [-0.2, 0) is 14.8 Å². The van der Waals surface area contributed by atoms with Gasteiger partial charge in [0, 0.05) is 19.6 Å². The second kappa shape index (κ2) is 3.61. The van der Waals surface area contributed by atoms with E-state index in [0.717, 1.165) is 0 Å². The lowest BCUT2D eigenvalue weighted by atomic mass is 10.1. The van der Waals surface area contributed by atoms with Crippen molar-refractivity contribution in [1.82, 2.24) is 9.21 Å². The third-order valence-electron chi connectivity index (χ3n) is 2.89. The zero-order chi connectivity index (χ0) is 11.1. The van der Waals surface area contributed by atoms with Crippen LogP contribution in [0, 0.1) is 0 Å². The van der Waals surface area contributed by atoms with Crippen LogP contribution in [0.4, 0.5) is 0 Å². The van der Waals surface area contributed by atoms with E-state index in [4.69, 9.17) is 0 Å². The monoisotopic (exact) mass is 230 g/mol. The topological polar surface area (TPSA) is 57.7 Å². The maximum absolute atomic E-state index is 11.5. The molecule has 0 atom stereocenters. The van der Waals surface area contributed by atoms with Gasteiger partial charge in [0.15, 0.2) is 0 Å². The Morgan fingerprint density at radius 3 is 2.53 bits per heavy atom. The summed E-state index contributed by atoms with van der Waals surface area (Å²) >= 11 is 0. The predicted octanol–water partition coefficient (Wildman–Crippen LogP) is -0.581. The molecule has 0 N–H and O–H groups in total. The van der Waals surface area contributed by atoms with Gasteiger partial charge in [-0.3, -0.25) is 4.79 Å². The van der Waals surface area contributed by atoms with Gasteiger partial charge < -0.3 is 4.90 Å². The van der Waals surface area contributed by atoms with E-state index in [9.17, 15) is 13.2 Å². The van der Waals surface area contributed by atoms with E-state index in [1.807, 2.05) is 0 Å². The summed E-state index contributed by atoms with van der Waals surface area (Å²) in [6.07, 6.45) is 1.96. The maximum atomic E-state index is 11.5. The SMILES string of the molecule is C=CC(=O)N1CC(N2CCCS2(=O)=O)C1. The first-order valence-corrected chi connectivity index (χ1v) is 6.56. The third kappa shape index (κ3) is 1.79. The Kier molecular flexibility index (Phi) is 2.56. The number of carbonyl (C=O) groups is 1. The molecule has 2 aliphatic rings. The molecule has 15 heavy (non-hydrogen) atoms. The summed E-state index contributed by atoms with van der Waals surface area (Å²) < 4.78 is 24.6. The van der Waals surface area contributed by atoms with Crippen LogP contribution in [-0.4, -0.2) is 55.0 Å². The van der Waals surface area contributed by atoms with Crippen molar-refractivity contribution in [3.63, 3.8) is 0 Å². The molecule has 1 amide bonds. The molecule has 2 saturated heterocycles. The number of nitrogens with zero attached hydrogens (tertiary/aromatic N) is 2. The first-order chi connectivity index (χ1) is 7.04. The molecule has 2 fully saturated rings. The normalized spacial score (nSPS) is 26.3. The lowest BCUT2D eigenvalue weighted by molar-refractivity contribution is -0.131. The minimum absolute atomic E-state index is 0.0126. The van der Waals surface area contributed by atoms with Crippen molar-refractivity contribution in [1.29, 1.82) is 0 Å². The summed E-state index contributed by atoms with van der Waals surface area (Å²) in [5.74, 6) is 0.127. The second-order valence-corrected chi connectivity index (χ2v) is 5.92. The van der Waals surface area contributed by atoms with E-state index in [1.54, 1.807) is 4.90 Å². The molecule has 84 valence electrons. The Balaban J connectivity index is 1.95. The van der Waals surface area contributed by atoms with Gasteiger partial charge in [0.25, 0.3) is 0 Å². The standard InChI is InChI=1S/C9H14N2O3S/c1-2-9(12)10-6-8(7-10)11-4-3-5-15(11,13)14/h2,8H,1,3-7H2. The lowest BCUT2D eigenvalue weighted by Crippen LogP contribution is -2.60. The van der Waals surface area contributed by atoms with Crippen molar-refractivity contribution >= 4 is 15.9 Å². The van der Waals surface area contributed by atoms with E-state index in [2.05, 4.69) is 6.58 Å². The Hall–Kier alpha value is -0.880. The highest BCUT2D eigenvalue weighted by molar-refractivity contribution is 7.89. The van der Waals surface area contributed by atoms with Gasteiger partial charge in [-0.1, -0.05) is 6.58 Å². The molecule has 0 aromatic carbocycles. The van der Waals surface area contributed by atoms with Crippen LogP contribution in [0.2, 0.25) is 0 Å². The molecule has 0 radical (unpaired) electrons. The number of hydrogen-bond acceptors (Lipinski definition) is 3. The van der Waals surface area contributed by atoms with Crippen LogP contribution >= 0.6 is 0 Å². The largest absolute Gasteiger partial charge is 0.336 e. The van der Waals surface area contributed by atoms with E-state index in [1.165, 1.54) is 10.4 Å². The zero-order valence-electron chi connectivity index (χ0n) is 8.42. The summed E-state index contributed by atoms with van der Waals surface area (Å²) in [5.41, 5.74) is 0. The van der Waals surface area contributed by atoms with Crippen LogP contribution in [0.25, 0.3) is 0 Å². The number of likely N-dealkylation sites (tertiary alicyclic amines) is 1. The van der Waals surface area contributed by atoms with Crippen LogP contribution in [0.1, 0.15) is 6.42 Å². The van der Waals surface area contributed by atoms with Crippen LogP contribution in [0.3, 0.4) is 0 Å². The molecule has 2 heterocycles. The minimum Gasteiger partial charge on any atom is -0.336 e. The predicted molar refractivity (Wildman–Crippen MR) is 55.7 cm³/mol. The first-order valence-electron chi connectivity index (χ1n) is 4.95. The minimum atomic E-state index is -3.03. The van der Waals surface area contributed by atoms with Crippen molar-refractivity contribution in [3.8, 4) is 0 Å². The Labute approximate surface area is 89.4 Å². The fraction of sp³-hybridized carbons (Fsp3) is 0.667. The van der Waals surface area contributed by atoms with E-state index < -0.39 is 10.0 Å². The molecule has 2 aliphatic heterocycles. The molecule has 6 heteroatoms. The second-order valence-electron chi connectivity index (χ2n) is 3.88. The molecular formula is C9H14N2O3S. The number of sulfonamides is 1. The molecule has 5 nitrogen and oxygen atoms in total. The Bertz CT molecular complexity index is 384. The van der Waals surface area contributed by atoms with E-state index in [-0.39, 0.29) is 17.7 Å². The molecule has 0 aromatic heterocycles. The first kappa shape index (κ1) is 10.6. The van der Waals surface area contributed by atoms with Crippen molar-refractivity contribution in [2.75, 3.05) is 25.4 Å². The number of carbonyl (C=O) groups excluding carboxylic acids is 1. The molecule has 0 bridgehead atoms. The van der Waals surface area contributed by atoms with Gasteiger partial charge >= 0.3 is 0 Å². The van der Waals surface area contributed by atoms with Gasteiger partial charge in [-0.2, -0.15) is 4.31 Å². The van der Waals surface area contributed by atoms with Crippen molar-refractivity contribution in [2.45, 2.75) is 12.5 Å². The van der Waals surface area contributed by atoms with Gasteiger partial charge in [-0.25, -0.2) is 8.42 Å². The zero-order valence-corrected chi connectivity index (χ0v) is 9.24. The quantitative estimate of drug-likeness (QED) is 0.596. The summed E-state index contributed by atoms with van der Waals surface area (Å²) in [5, 5.41) is 0. The molecule has 0 saturated carbocycles. The molecule has 0 unspecified atom stereocenters. The summed E-state index contributed by atoms with van der Waals surface area (Å²) in [6, 6.07) is -0.0126. The summed E-state index contributed by atoms with van der Waals surface area (Å²) in [7, 11) is -3.03. The average Bonchev–Trinajstić information content (AvgIpc) is 2.43. The van der Waals surface area contributed by atoms with E-state index >= 15 is 0 Å². The van der Waals surface area contributed by atoms with Gasteiger partial charge in [-0.15, -0.1) is 0 Å². The summed E-state index contributed by atoms with van der Waals surface area (Å²) in [4.78, 5) is 12.8. The van der Waals surface area contributed by atoms with Crippen LogP contribution in [0.5, 0.6) is 0 Å². The van der Waals surface area contributed by atoms with Crippen LogP contribution in [0.15, 0.2) is 12.7 Å². The lowest BCUT2D eigenvalue weighted by Gasteiger charge is -2.42. The number of rotatable bonds is 2. The third-order valence-corrected chi connectivity index (χ3v) is 4.89. The molecular weight excluding hydrogens is 216 g/mol. The Morgan fingerprint density at radius 1 is 1.40 bits per heavy atom. The smallest absolute Gasteiger partial charge is 0.246 e. The molecule has 0 spiro atoms. The highest BCUT2D eigenvalue weighted by atomic mass is 32.2. The van der Waals surface area contributed by atoms with E-state index in [0.29, 0.717) is 26.1 Å². The van der Waals surface area contributed by atoms with Crippen molar-refractivity contribution in [2.24, 2.45) is 0 Å². The number of amides is 1. The van der Waals surface area contributed by atoms with Crippen LogP contribution < -0.4 is 0 Å². The fourth-order valence-corrected chi connectivity index (χ4v) is 3.74. The molecule has 2 rings (SSSR count). The van der Waals surface area contributed by atoms with Gasteiger partial charge in [0.2, 0.25) is 15.9 Å². The van der Waals surface area contributed by atoms with Crippen molar-refractivity contribution < 1.29 is 13.2 Å².